The maximum absolute atomic E-state index is 11.0. The van der Waals surface area contributed by atoms with Gasteiger partial charge in [0.15, 0.2) is 0 Å². The Kier molecular flexibility index (Phi) is 5.68. The van der Waals surface area contributed by atoms with Crippen molar-refractivity contribution in [1.29, 1.82) is 0 Å². The second-order valence-electron chi connectivity index (χ2n) is 7.63. The van der Waals surface area contributed by atoms with Crippen LogP contribution in [0.4, 0.5) is 0 Å². The highest BCUT2D eigenvalue weighted by atomic mass is 16.3. The topological polar surface area (TPSA) is 40.5 Å². The molecule has 2 nitrogen and oxygen atoms in total. The Morgan fingerprint density at radius 1 is 1.41 bits per heavy atom. The standard InChI is InChI=1S/C20H32O2/c1-12(2)7-6-8-13(3)17-11-18(21)15(5)16-10-9-14(4)19(16)20(17)22/h7,9,13,16-22H,5-6,8,10-11H2,1-4H3/t13-,16+,17+,18+,19-,20-/m0/s1. The summed E-state index contributed by atoms with van der Waals surface area (Å²) in [4.78, 5) is 0. The third-order valence-electron chi connectivity index (χ3n) is 5.76. The lowest BCUT2D eigenvalue weighted by atomic mass is 9.76. The summed E-state index contributed by atoms with van der Waals surface area (Å²) in [5.41, 5.74) is 3.54. The number of aliphatic hydroxyl groups is 2. The molecule has 0 saturated heterocycles. The van der Waals surface area contributed by atoms with Crippen molar-refractivity contribution in [2.75, 3.05) is 0 Å². The van der Waals surface area contributed by atoms with Gasteiger partial charge in [-0.15, -0.1) is 0 Å². The van der Waals surface area contributed by atoms with Gasteiger partial charge < -0.3 is 10.2 Å². The lowest BCUT2D eigenvalue weighted by Gasteiger charge is -2.32. The molecule has 0 spiro atoms. The van der Waals surface area contributed by atoms with Gasteiger partial charge in [0.05, 0.1) is 12.2 Å². The first-order chi connectivity index (χ1) is 10.3. The van der Waals surface area contributed by atoms with Crippen LogP contribution < -0.4 is 0 Å². The third-order valence-corrected chi connectivity index (χ3v) is 5.76. The number of rotatable bonds is 4. The molecule has 1 saturated carbocycles. The third kappa shape index (κ3) is 3.55. The van der Waals surface area contributed by atoms with E-state index in [1.807, 2.05) is 0 Å². The highest BCUT2D eigenvalue weighted by Crippen LogP contribution is 2.47. The summed E-state index contributed by atoms with van der Waals surface area (Å²) < 4.78 is 0. The lowest BCUT2D eigenvalue weighted by molar-refractivity contribution is 0.0219. The molecule has 0 aromatic heterocycles. The van der Waals surface area contributed by atoms with E-state index in [1.54, 1.807) is 0 Å². The van der Waals surface area contributed by atoms with Crippen molar-refractivity contribution in [2.24, 2.45) is 23.7 Å². The summed E-state index contributed by atoms with van der Waals surface area (Å²) >= 11 is 0. The zero-order chi connectivity index (χ0) is 16.4. The second kappa shape index (κ2) is 7.14. The SMILES string of the molecule is C=C1[C@H](O)C[C@H]([C@@H](C)CCC=C(C)C)[C@H](O)[C@H]2C(C)=CC[C@H]12. The number of allylic oxidation sites excluding steroid dienone is 3. The number of hydrogen-bond donors (Lipinski definition) is 2. The van der Waals surface area contributed by atoms with Crippen LogP contribution in [0.2, 0.25) is 0 Å². The molecule has 6 atom stereocenters. The second-order valence-corrected chi connectivity index (χ2v) is 7.63. The largest absolute Gasteiger partial charge is 0.392 e. The smallest absolute Gasteiger partial charge is 0.0754 e. The van der Waals surface area contributed by atoms with Crippen LogP contribution in [0.15, 0.2) is 35.5 Å². The van der Waals surface area contributed by atoms with Gasteiger partial charge in [-0.3, -0.25) is 0 Å². The van der Waals surface area contributed by atoms with Crippen molar-refractivity contribution in [1.82, 2.24) is 0 Å². The summed E-state index contributed by atoms with van der Waals surface area (Å²) in [5, 5.41) is 21.5. The van der Waals surface area contributed by atoms with E-state index in [0.717, 1.165) is 24.8 Å². The molecular formula is C20H32O2. The quantitative estimate of drug-likeness (QED) is 0.762. The van der Waals surface area contributed by atoms with Crippen molar-refractivity contribution >= 4 is 0 Å². The predicted molar refractivity (Wildman–Crippen MR) is 92.4 cm³/mol. The van der Waals surface area contributed by atoms with Gasteiger partial charge in [0.1, 0.15) is 0 Å². The van der Waals surface area contributed by atoms with Crippen molar-refractivity contribution in [3.05, 3.63) is 35.5 Å². The fourth-order valence-corrected chi connectivity index (χ4v) is 4.28. The normalized spacial score (nSPS) is 36.4. The molecule has 0 amide bonds. The summed E-state index contributed by atoms with van der Waals surface area (Å²) in [7, 11) is 0. The predicted octanol–water partition coefficient (Wildman–Crippen LogP) is 4.25. The zero-order valence-corrected chi connectivity index (χ0v) is 14.5. The minimum Gasteiger partial charge on any atom is -0.392 e. The fraction of sp³-hybridized carbons (Fsp3) is 0.700. The molecule has 124 valence electrons. The maximum atomic E-state index is 11.0. The zero-order valence-electron chi connectivity index (χ0n) is 14.5. The number of aliphatic hydroxyl groups excluding tert-OH is 2. The Labute approximate surface area is 135 Å². The maximum Gasteiger partial charge on any atom is 0.0754 e. The number of hydrogen-bond acceptors (Lipinski definition) is 2. The molecule has 0 aromatic rings. The van der Waals surface area contributed by atoms with Gasteiger partial charge in [-0.2, -0.15) is 0 Å². The minimum atomic E-state index is -0.472. The Hall–Kier alpha value is -0.860. The van der Waals surface area contributed by atoms with Gasteiger partial charge in [0.2, 0.25) is 0 Å². The first kappa shape index (κ1) is 17.5. The highest BCUT2D eigenvalue weighted by molar-refractivity contribution is 5.26. The van der Waals surface area contributed by atoms with Crippen LogP contribution >= 0.6 is 0 Å². The fourth-order valence-electron chi connectivity index (χ4n) is 4.28. The van der Waals surface area contributed by atoms with E-state index < -0.39 is 6.10 Å². The van der Waals surface area contributed by atoms with Gasteiger partial charge in [0.25, 0.3) is 0 Å². The first-order valence-corrected chi connectivity index (χ1v) is 8.67. The van der Waals surface area contributed by atoms with Gasteiger partial charge >= 0.3 is 0 Å². The molecule has 0 aliphatic heterocycles. The van der Waals surface area contributed by atoms with Crippen molar-refractivity contribution < 1.29 is 10.2 Å². The van der Waals surface area contributed by atoms with Gasteiger partial charge in [0, 0.05) is 5.92 Å². The van der Waals surface area contributed by atoms with Crippen LogP contribution in [-0.4, -0.2) is 22.4 Å². The summed E-state index contributed by atoms with van der Waals surface area (Å²) in [6.07, 6.45) is 7.32. The van der Waals surface area contributed by atoms with E-state index in [0.29, 0.717) is 12.3 Å². The van der Waals surface area contributed by atoms with Crippen LogP contribution in [-0.2, 0) is 0 Å². The van der Waals surface area contributed by atoms with Gasteiger partial charge in [-0.1, -0.05) is 36.8 Å². The molecule has 22 heavy (non-hydrogen) atoms. The Morgan fingerprint density at radius 2 is 2.09 bits per heavy atom. The van der Waals surface area contributed by atoms with Crippen LogP contribution in [0.1, 0.15) is 53.4 Å². The molecule has 1 fully saturated rings. The molecule has 0 bridgehead atoms. The first-order valence-electron chi connectivity index (χ1n) is 8.67. The molecule has 0 radical (unpaired) electrons. The molecule has 0 heterocycles. The van der Waals surface area contributed by atoms with E-state index in [-0.39, 0.29) is 23.9 Å². The molecular weight excluding hydrogens is 272 g/mol. The molecule has 2 heteroatoms. The van der Waals surface area contributed by atoms with E-state index in [9.17, 15) is 10.2 Å². The molecule has 2 aliphatic rings. The van der Waals surface area contributed by atoms with E-state index in [1.165, 1.54) is 11.1 Å². The Balaban J connectivity index is 2.14. The summed E-state index contributed by atoms with van der Waals surface area (Å²) in [5.74, 6) is 0.925. The van der Waals surface area contributed by atoms with Gasteiger partial charge in [-0.05, 0) is 69.8 Å². The van der Waals surface area contributed by atoms with E-state index in [2.05, 4.69) is 46.4 Å². The number of fused-ring (bicyclic) bond motifs is 1. The van der Waals surface area contributed by atoms with Crippen LogP contribution in [0, 0.1) is 23.7 Å². The molecule has 0 unspecified atom stereocenters. The minimum absolute atomic E-state index is 0.147. The molecule has 2 rings (SSSR count). The van der Waals surface area contributed by atoms with Crippen molar-refractivity contribution in [3.8, 4) is 0 Å². The Bertz CT molecular complexity index is 470. The summed E-state index contributed by atoms with van der Waals surface area (Å²) in [6, 6.07) is 0. The van der Waals surface area contributed by atoms with E-state index >= 15 is 0 Å². The monoisotopic (exact) mass is 304 g/mol. The lowest BCUT2D eigenvalue weighted by Crippen LogP contribution is -2.34. The van der Waals surface area contributed by atoms with Gasteiger partial charge in [-0.25, -0.2) is 0 Å². The average molecular weight is 304 g/mol. The van der Waals surface area contributed by atoms with Crippen molar-refractivity contribution in [2.45, 2.75) is 65.6 Å². The molecule has 2 N–H and O–H groups in total. The van der Waals surface area contributed by atoms with E-state index in [4.69, 9.17) is 0 Å². The van der Waals surface area contributed by atoms with Crippen LogP contribution in [0.3, 0.4) is 0 Å². The average Bonchev–Trinajstić information content (AvgIpc) is 2.79. The van der Waals surface area contributed by atoms with Crippen molar-refractivity contribution in [3.63, 3.8) is 0 Å². The summed E-state index contributed by atoms with van der Waals surface area (Å²) in [6.45, 7) is 12.7. The molecule has 0 aromatic carbocycles. The van der Waals surface area contributed by atoms with Crippen LogP contribution in [0.5, 0.6) is 0 Å². The van der Waals surface area contributed by atoms with Crippen LogP contribution in [0.25, 0.3) is 0 Å². The highest BCUT2D eigenvalue weighted by Gasteiger charge is 2.44. The molecule has 2 aliphatic carbocycles. The Morgan fingerprint density at radius 3 is 2.73 bits per heavy atom.